The molecule has 0 amide bonds. The summed E-state index contributed by atoms with van der Waals surface area (Å²) in [7, 11) is 0. The van der Waals surface area contributed by atoms with E-state index < -0.39 is 0 Å². The summed E-state index contributed by atoms with van der Waals surface area (Å²) in [5, 5.41) is 0. The van der Waals surface area contributed by atoms with Crippen LogP contribution in [0, 0.1) is 6.92 Å². The lowest BCUT2D eigenvalue weighted by Crippen LogP contribution is -2.10. The summed E-state index contributed by atoms with van der Waals surface area (Å²) in [6.07, 6.45) is 3.96. The number of nitrogens with zero attached hydrogens (tertiary/aromatic N) is 2. The molecule has 4 heteroatoms. The van der Waals surface area contributed by atoms with E-state index in [0.29, 0.717) is 6.54 Å². The Morgan fingerprint density at radius 2 is 2.42 bits per heavy atom. The summed E-state index contributed by atoms with van der Waals surface area (Å²) in [5.74, 6) is 2.17. The summed E-state index contributed by atoms with van der Waals surface area (Å²) in [6, 6.07) is 0. The van der Waals surface area contributed by atoms with E-state index >= 15 is 0 Å². The Morgan fingerprint density at radius 3 is 3.00 bits per heavy atom. The number of hydrogen-bond acceptors (Lipinski definition) is 3. The van der Waals surface area contributed by atoms with E-state index in [1.165, 1.54) is 0 Å². The molecule has 12 heavy (non-hydrogen) atoms. The summed E-state index contributed by atoms with van der Waals surface area (Å²) in [4.78, 5) is 4.21. The third-order valence-electron chi connectivity index (χ3n) is 1.87. The Labute approximate surface area is 77.4 Å². The maximum atomic E-state index is 5.57. The number of rotatable bonds is 4. The Hall–Kier alpha value is -0.480. The minimum absolute atomic E-state index is 0.579. The number of aromatic nitrogens is 2. The molecule has 0 saturated heterocycles. The number of nitrogens with two attached hydrogens (primary N) is 1. The van der Waals surface area contributed by atoms with Crippen molar-refractivity contribution in [2.75, 3.05) is 12.0 Å². The van der Waals surface area contributed by atoms with Gasteiger partial charge in [-0.05, 0) is 13.2 Å². The standard InChI is InChI=1S/C8H15N3S/c1-7-10-6-8(5-9)11(7)3-4-12-2/h6H,3-5,9H2,1-2H3. The Morgan fingerprint density at radius 1 is 1.67 bits per heavy atom. The van der Waals surface area contributed by atoms with E-state index in [9.17, 15) is 0 Å². The monoisotopic (exact) mass is 185 g/mol. The van der Waals surface area contributed by atoms with Crippen LogP contribution in [0.15, 0.2) is 6.20 Å². The minimum atomic E-state index is 0.579. The van der Waals surface area contributed by atoms with E-state index in [0.717, 1.165) is 23.8 Å². The molecule has 3 nitrogen and oxygen atoms in total. The van der Waals surface area contributed by atoms with E-state index in [2.05, 4.69) is 15.8 Å². The predicted molar refractivity (Wildman–Crippen MR) is 53.2 cm³/mol. The first-order valence-electron chi connectivity index (χ1n) is 3.99. The second kappa shape index (κ2) is 4.52. The first kappa shape index (κ1) is 9.61. The maximum absolute atomic E-state index is 5.57. The molecule has 0 bridgehead atoms. The lowest BCUT2D eigenvalue weighted by Gasteiger charge is -2.06. The molecule has 0 aliphatic carbocycles. The topological polar surface area (TPSA) is 43.8 Å². The van der Waals surface area contributed by atoms with Crippen LogP contribution < -0.4 is 5.73 Å². The molecule has 0 aliphatic heterocycles. The minimum Gasteiger partial charge on any atom is -0.330 e. The third-order valence-corrected chi connectivity index (χ3v) is 2.46. The normalized spacial score (nSPS) is 10.6. The zero-order valence-corrected chi connectivity index (χ0v) is 8.40. The van der Waals surface area contributed by atoms with Gasteiger partial charge >= 0.3 is 0 Å². The van der Waals surface area contributed by atoms with Gasteiger partial charge in [-0.15, -0.1) is 0 Å². The van der Waals surface area contributed by atoms with Crippen molar-refractivity contribution in [2.45, 2.75) is 20.0 Å². The van der Waals surface area contributed by atoms with Crippen molar-refractivity contribution in [2.24, 2.45) is 5.73 Å². The molecule has 1 heterocycles. The highest BCUT2D eigenvalue weighted by molar-refractivity contribution is 7.98. The molecule has 0 unspecified atom stereocenters. The first-order valence-corrected chi connectivity index (χ1v) is 5.39. The fraction of sp³-hybridized carbons (Fsp3) is 0.625. The van der Waals surface area contributed by atoms with Crippen LogP contribution >= 0.6 is 11.8 Å². The average molecular weight is 185 g/mol. The van der Waals surface area contributed by atoms with Gasteiger partial charge in [-0.2, -0.15) is 11.8 Å². The molecule has 1 rings (SSSR count). The molecule has 0 spiro atoms. The lowest BCUT2D eigenvalue weighted by atomic mass is 10.4. The van der Waals surface area contributed by atoms with Crippen LogP contribution in [0.25, 0.3) is 0 Å². The van der Waals surface area contributed by atoms with Crippen molar-refractivity contribution in [3.05, 3.63) is 17.7 Å². The smallest absolute Gasteiger partial charge is 0.105 e. The zero-order valence-electron chi connectivity index (χ0n) is 7.58. The van der Waals surface area contributed by atoms with Crippen LogP contribution in [0.4, 0.5) is 0 Å². The van der Waals surface area contributed by atoms with Gasteiger partial charge < -0.3 is 10.3 Å². The van der Waals surface area contributed by atoms with Crippen molar-refractivity contribution in [1.82, 2.24) is 9.55 Å². The van der Waals surface area contributed by atoms with E-state index in [1.54, 1.807) is 0 Å². The summed E-state index contributed by atoms with van der Waals surface area (Å²) in [6.45, 7) is 3.61. The highest BCUT2D eigenvalue weighted by Gasteiger charge is 2.03. The van der Waals surface area contributed by atoms with Crippen LogP contribution in [-0.4, -0.2) is 21.6 Å². The van der Waals surface area contributed by atoms with Crippen molar-refractivity contribution in [3.63, 3.8) is 0 Å². The second-order valence-corrected chi connectivity index (χ2v) is 3.63. The molecule has 2 N–H and O–H groups in total. The molecular formula is C8H15N3S. The molecular weight excluding hydrogens is 170 g/mol. The van der Waals surface area contributed by atoms with Gasteiger partial charge in [-0.3, -0.25) is 0 Å². The van der Waals surface area contributed by atoms with Gasteiger partial charge in [0.2, 0.25) is 0 Å². The van der Waals surface area contributed by atoms with Gasteiger partial charge in [0.15, 0.2) is 0 Å². The molecule has 0 atom stereocenters. The Bertz CT molecular complexity index is 244. The highest BCUT2D eigenvalue weighted by atomic mass is 32.2. The third kappa shape index (κ3) is 2.01. The zero-order chi connectivity index (χ0) is 8.97. The van der Waals surface area contributed by atoms with Crippen LogP contribution in [0.3, 0.4) is 0 Å². The first-order chi connectivity index (χ1) is 5.79. The number of imidazole rings is 1. The van der Waals surface area contributed by atoms with Crippen LogP contribution in [0.5, 0.6) is 0 Å². The van der Waals surface area contributed by atoms with E-state index in [-0.39, 0.29) is 0 Å². The summed E-state index contributed by atoms with van der Waals surface area (Å²) in [5.41, 5.74) is 6.69. The van der Waals surface area contributed by atoms with Crippen molar-refractivity contribution in [3.8, 4) is 0 Å². The Kier molecular flexibility index (Phi) is 3.62. The van der Waals surface area contributed by atoms with Crippen LogP contribution in [0.1, 0.15) is 11.5 Å². The molecule has 68 valence electrons. The molecule has 0 aliphatic rings. The molecule has 1 aromatic rings. The summed E-state index contributed by atoms with van der Waals surface area (Å²) >= 11 is 1.84. The lowest BCUT2D eigenvalue weighted by molar-refractivity contribution is 0.694. The highest BCUT2D eigenvalue weighted by Crippen LogP contribution is 2.05. The van der Waals surface area contributed by atoms with Gasteiger partial charge in [0, 0.05) is 25.0 Å². The van der Waals surface area contributed by atoms with Gasteiger partial charge in [0.1, 0.15) is 5.82 Å². The number of aryl methyl sites for hydroxylation is 1. The van der Waals surface area contributed by atoms with Gasteiger partial charge in [-0.25, -0.2) is 4.98 Å². The fourth-order valence-electron chi connectivity index (χ4n) is 1.17. The maximum Gasteiger partial charge on any atom is 0.105 e. The molecule has 1 aromatic heterocycles. The van der Waals surface area contributed by atoms with Gasteiger partial charge in [0.05, 0.1) is 5.69 Å². The van der Waals surface area contributed by atoms with E-state index in [4.69, 9.17) is 5.73 Å². The fourth-order valence-corrected chi connectivity index (χ4v) is 1.53. The Balaban J connectivity index is 2.72. The molecule has 0 saturated carbocycles. The predicted octanol–water partition coefficient (Wildman–Crippen LogP) is 1.01. The number of hydrogen-bond donors (Lipinski definition) is 1. The SMILES string of the molecule is CSCCn1c(CN)cnc1C. The summed E-state index contributed by atoms with van der Waals surface area (Å²) < 4.78 is 2.18. The average Bonchev–Trinajstić information content (AvgIpc) is 2.43. The molecule has 0 radical (unpaired) electrons. The number of thioether (sulfide) groups is 1. The van der Waals surface area contributed by atoms with Crippen molar-refractivity contribution < 1.29 is 0 Å². The van der Waals surface area contributed by atoms with Crippen molar-refractivity contribution >= 4 is 11.8 Å². The van der Waals surface area contributed by atoms with Crippen LogP contribution in [-0.2, 0) is 13.1 Å². The molecule has 0 aromatic carbocycles. The second-order valence-electron chi connectivity index (χ2n) is 2.65. The van der Waals surface area contributed by atoms with Gasteiger partial charge in [-0.1, -0.05) is 0 Å². The van der Waals surface area contributed by atoms with Gasteiger partial charge in [0.25, 0.3) is 0 Å². The molecule has 0 fully saturated rings. The van der Waals surface area contributed by atoms with Crippen LogP contribution in [0.2, 0.25) is 0 Å². The largest absolute Gasteiger partial charge is 0.330 e. The quantitative estimate of drug-likeness (QED) is 0.761. The van der Waals surface area contributed by atoms with E-state index in [1.807, 2.05) is 24.9 Å². The van der Waals surface area contributed by atoms with Crippen molar-refractivity contribution in [1.29, 1.82) is 0 Å².